The van der Waals surface area contributed by atoms with Crippen LogP contribution in [-0.4, -0.2) is 16.9 Å². The van der Waals surface area contributed by atoms with Gasteiger partial charge in [-0.1, -0.05) is 12.2 Å². The highest BCUT2D eigenvalue weighted by Gasteiger charge is 1.99. The molecule has 6 N–H and O–H groups in total. The summed E-state index contributed by atoms with van der Waals surface area (Å²) in [7, 11) is 0. The molecule has 0 heterocycles. The van der Waals surface area contributed by atoms with E-state index in [1.54, 1.807) is 0 Å². The molecule has 0 saturated carbocycles. The Morgan fingerprint density at radius 2 is 1.78 bits per heavy atom. The molecule has 0 unspecified atom stereocenters. The molecule has 0 aliphatic carbocycles. The van der Waals surface area contributed by atoms with Crippen LogP contribution in [0.15, 0.2) is 4.99 Å². The molecule has 50 valence electrons. The van der Waals surface area contributed by atoms with Gasteiger partial charge in [-0.15, -0.1) is 0 Å². The average Bonchev–Trinajstić information content (AvgIpc) is 1.63. The smallest absolute Gasteiger partial charge is 0.278 e. The summed E-state index contributed by atoms with van der Waals surface area (Å²) in [6, 6.07) is 0. The van der Waals surface area contributed by atoms with Crippen molar-refractivity contribution in [2.45, 2.75) is 0 Å². The lowest BCUT2D eigenvalue weighted by atomic mass is 10.6. The fraction of sp³-hybridized carbons (Fsp3) is 0. The zero-order valence-corrected chi connectivity index (χ0v) is 5.31. The Labute approximate surface area is 56.9 Å². The predicted molar refractivity (Wildman–Crippen MR) is 37.6 cm³/mol. The van der Waals surface area contributed by atoms with E-state index in [4.69, 9.17) is 11.5 Å². The number of hydrogen-bond donors (Lipinski definition) is 3. The molecule has 0 rings (SSSR count). The lowest BCUT2D eigenvalue weighted by Gasteiger charge is -1.88. The van der Waals surface area contributed by atoms with Crippen LogP contribution in [0.2, 0.25) is 0 Å². The summed E-state index contributed by atoms with van der Waals surface area (Å²) in [4.78, 5) is 13.0. The molecular weight excluding hydrogens is 140 g/mol. The second-order valence-corrected chi connectivity index (χ2v) is 1.59. The monoisotopic (exact) mass is 146 g/mol. The third kappa shape index (κ3) is 3.42. The normalized spacial score (nSPS) is 8.00. The van der Waals surface area contributed by atoms with Gasteiger partial charge in [0.1, 0.15) is 0 Å². The summed E-state index contributed by atoms with van der Waals surface area (Å²) in [5, 5.41) is 0. The fourth-order valence-electron chi connectivity index (χ4n) is 0.172. The quantitative estimate of drug-likeness (QED) is 0.210. The van der Waals surface area contributed by atoms with Crippen LogP contribution in [0.4, 0.5) is 0 Å². The molecule has 0 aliphatic rings. The Bertz CT molecular complexity index is 171. The van der Waals surface area contributed by atoms with Crippen molar-refractivity contribution in [3.8, 4) is 0 Å². The average molecular weight is 146 g/mol. The number of hydrogen-bond acceptors (Lipinski definition) is 2. The number of carbonyl (C=O) groups is 1. The van der Waals surface area contributed by atoms with Crippen molar-refractivity contribution < 1.29 is 4.79 Å². The standard InChI is InChI=1S/C3H6N4OS/c4-1(8)2(9)7-3(5)6/h(H2,4,8)(H4,5,6,7,9). The molecule has 5 nitrogen and oxygen atoms in total. The van der Waals surface area contributed by atoms with Crippen LogP contribution in [-0.2, 0) is 4.79 Å². The topological polar surface area (TPSA) is 107 Å². The number of primary amides is 1. The maximum absolute atomic E-state index is 10.1. The molecule has 0 aromatic carbocycles. The van der Waals surface area contributed by atoms with Crippen molar-refractivity contribution in [3.05, 3.63) is 0 Å². The van der Waals surface area contributed by atoms with Crippen LogP contribution in [0.1, 0.15) is 0 Å². The van der Waals surface area contributed by atoms with Crippen LogP contribution in [0.5, 0.6) is 0 Å². The molecule has 9 heavy (non-hydrogen) atoms. The van der Waals surface area contributed by atoms with Gasteiger partial charge in [-0.05, 0) is 0 Å². The van der Waals surface area contributed by atoms with E-state index < -0.39 is 5.91 Å². The number of thiocarbonyl (C=S) groups is 1. The largest absolute Gasteiger partial charge is 0.370 e. The molecule has 0 fully saturated rings. The minimum atomic E-state index is -0.807. The van der Waals surface area contributed by atoms with Gasteiger partial charge in [0.2, 0.25) is 0 Å². The molecule has 1 amide bonds. The second-order valence-electron chi connectivity index (χ2n) is 1.21. The van der Waals surface area contributed by atoms with Gasteiger partial charge in [0.15, 0.2) is 10.9 Å². The Morgan fingerprint density at radius 3 is 1.89 bits per heavy atom. The van der Waals surface area contributed by atoms with E-state index >= 15 is 0 Å². The Hall–Kier alpha value is -1.17. The maximum atomic E-state index is 10.1. The summed E-state index contributed by atoms with van der Waals surface area (Å²) in [6.07, 6.45) is 0. The van der Waals surface area contributed by atoms with Crippen molar-refractivity contribution in [2.24, 2.45) is 22.2 Å². The molecule has 0 aromatic heterocycles. The highest BCUT2D eigenvalue weighted by Crippen LogP contribution is 1.75. The van der Waals surface area contributed by atoms with E-state index in [0.29, 0.717) is 0 Å². The number of carbonyl (C=O) groups excluding carboxylic acids is 1. The van der Waals surface area contributed by atoms with Crippen LogP contribution in [0.25, 0.3) is 0 Å². The molecule has 0 bridgehead atoms. The summed E-state index contributed by atoms with van der Waals surface area (Å²) in [5.41, 5.74) is 14.4. The molecule has 0 spiro atoms. The third-order valence-corrected chi connectivity index (χ3v) is 0.734. The first kappa shape index (κ1) is 7.83. The number of amides is 1. The van der Waals surface area contributed by atoms with Crippen molar-refractivity contribution in [1.82, 2.24) is 0 Å². The van der Waals surface area contributed by atoms with Gasteiger partial charge in [-0.3, -0.25) is 4.79 Å². The van der Waals surface area contributed by atoms with Gasteiger partial charge in [0.05, 0.1) is 0 Å². The predicted octanol–water partition coefficient (Wildman–Crippen LogP) is -1.93. The molecule has 0 atom stereocenters. The first-order valence-electron chi connectivity index (χ1n) is 1.97. The first-order chi connectivity index (χ1) is 4.04. The van der Waals surface area contributed by atoms with E-state index in [1.165, 1.54) is 0 Å². The first-order valence-corrected chi connectivity index (χ1v) is 2.38. The van der Waals surface area contributed by atoms with Gasteiger partial charge in [0.25, 0.3) is 5.91 Å². The van der Waals surface area contributed by atoms with E-state index in [2.05, 4.69) is 22.9 Å². The van der Waals surface area contributed by atoms with Gasteiger partial charge in [-0.2, -0.15) is 4.99 Å². The molecule has 0 radical (unpaired) electrons. The van der Waals surface area contributed by atoms with Crippen molar-refractivity contribution in [3.63, 3.8) is 0 Å². The van der Waals surface area contributed by atoms with Crippen LogP contribution in [0.3, 0.4) is 0 Å². The molecule has 6 heteroatoms. The van der Waals surface area contributed by atoms with E-state index in [-0.39, 0.29) is 10.9 Å². The summed E-state index contributed by atoms with van der Waals surface area (Å²) in [5.74, 6) is -1.07. The van der Waals surface area contributed by atoms with Crippen LogP contribution in [0, 0.1) is 0 Å². The summed E-state index contributed by atoms with van der Waals surface area (Å²) >= 11 is 4.33. The minimum absolute atomic E-state index is 0.265. The van der Waals surface area contributed by atoms with Gasteiger partial charge in [0, 0.05) is 0 Å². The number of aliphatic imine (C=N–C) groups is 1. The van der Waals surface area contributed by atoms with E-state index in [1.807, 2.05) is 0 Å². The number of guanidine groups is 1. The highest BCUT2D eigenvalue weighted by atomic mass is 32.1. The van der Waals surface area contributed by atoms with Gasteiger partial charge in [-0.25, -0.2) is 0 Å². The van der Waals surface area contributed by atoms with E-state index in [9.17, 15) is 4.79 Å². The van der Waals surface area contributed by atoms with Gasteiger partial charge >= 0.3 is 0 Å². The minimum Gasteiger partial charge on any atom is -0.370 e. The zero-order valence-electron chi connectivity index (χ0n) is 4.50. The number of nitrogens with two attached hydrogens (primary N) is 3. The number of nitrogens with zero attached hydrogens (tertiary/aromatic N) is 1. The summed E-state index contributed by atoms with van der Waals surface area (Å²) in [6.45, 7) is 0. The van der Waals surface area contributed by atoms with Crippen molar-refractivity contribution in [1.29, 1.82) is 0 Å². The Balaban J connectivity index is 4.09. The fourth-order valence-corrected chi connectivity index (χ4v) is 0.278. The molecular formula is C3H6N4OS. The SMILES string of the molecule is NC(=O)C(=S)N=C(N)N. The molecule has 0 saturated heterocycles. The highest BCUT2D eigenvalue weighted by molar-refractivity contribution is 7.82. The number of rotatable bonds is 0. The van der Waals surface area contributed by atoms with Crippen LogP contribution >= 0.6 is 12.2 Å². The lowest BCUT2D eigenvalue weighted by Crippen LogP contribution is -2.28. The molecule has 0 aromatic rings. The van der Waals surface area contributed by atoms with Gasteiger partial charge < -0.3 is 17.2 Å². The van der Waals surface area contributed by atoms with E-state index in [0.717, 1.165) is 0 Å². The van der Waals surface area contributed by atoms with Crippen molar-refractivity contribution in [2.75, 3.05) is 0 Å². The third-order valence-electron chi connectivity index (χ3n) is 0.441. The Morgan fingerprint density at radius 1 is 1.33 bits per heavy atom. The lowest BCUT2D eigenvalue weighted by molar-refractivity contribution is -0.111. The maximum Gasteiger partial charge on any atom is 0.278 e. The Kier molecular flexibility index (Phi) is 2.59. The molecule has 0 aliphatic heterocycles. The summed E-state index contributed by atoms with van der Waals surface area (Å²) < 4.78 is 0. The van der Waals surface area contributed by atoms with Crippen molar-refractivity contribution >= 4 is 29.1 Å². The second kappa shape index (κ2) is 2.98. The van der Waals surface area contributed by atoms with Crippen LogP contribution < -0.4 is 17.2 Å². The zero-order chi connectivity index (χ0) is 7.44.